The molecule has 0 fully saturated rings. The number of benzene rings is 1. The van der Waals surface area contributed by atoms with Crippen molar-refractivity contribution in [1.82, 2.24) is 25.1 Å². The Morgan fingerprint density at radius 1 is 1.41 bits per heavy atom. The van der Waals surface area contributed by atoms with Crippen LogP contribution in [0.15, 0.2) is 35.0 Å². The second kappa shape index (κ2) is 5.98. The van der Waals surface area contributed by atoms with Crippen molar-refractivity contribution in [2.75, 3.05) is 6.54 Å². The van der Waals surface area contributed by atoms with Crippen molar-refractivity contribution in [2.45, 2.75) is 19.4 Å². The summed E-state index contributed by atoms with van der Waals surface area (Å²) in [5.41, 5.74) is 1.82. The summed E-state index contributed by atoms with van der Waals surface area (Å²) >= 11 is 1.25. The van der Waals surface area contributed by atoms with E-state index in [4.69, 9.17) is 4.42 Å². The molecule has 1 aromatic carbocycles. The van der Waals surface area contributed by atoms with E-state index in [1.165, 1.54) is 17.4 Å². The molecule has 4 heterocycles. The van der Waals surface area contributed by atoms with Gasteiger partial charge in [0.05, 0.1) is 12.0 Å². The standard InChI is InChI=1S/C18H14FN5O2S/c1-9-22-23-17(27-9)18(25)24-6-5-12-14(21-8-20-12)15(24)13-7-10-3-2-4-11(19)16(10)26-13/h2-4,7-8,15H,5-6H2,1H3,(H,20,21)/t15-/m1/s1. The molecule has 4 aromatic rings. The van der Waals surface area contributed by atoms with E-state index in [1.807, 2.05) is 0 Å². The van der Waals surface area contributed by atoms with Gasteiger partial charge in [0.25, 0.3) is 5.91 Å². The van der Waals surface area contributed by atoms with Gasteiger partial charge >= 0.3 is 0 Å². The van der Waals surface area contributed by atoms with Gasteiger partial charge in [0, 0.05) is 24.0 Å². The lowest BCUT2D eigenvalue weighted by atomic mass is 10.00. The molecule has 3 aromatic heterocycles. The Kier molecular flexibility index (Phi) is 3.57. The minimum atomic E-state index is -0.552. The van der Waals surface area contributed by atoms with E-state index in [0.717, 1.165) is 10.7 Å². The average molecular weight is 383 g/mol. The molecule has 1 N–H and O–H groups in total. The molecular formula is C18H14FN5O2S. The van der Waals surface area contributed by atoms with Crippen LogP contribution in [0.25, 0.3) is 11.0 Å². The number of hydrogen-bond donors (Lipinski definition) is 1. The second-order valence-corrected chi connectivity index (χ2v) is 7.53. The van der Waals surface area contributed by atoms with Crippen molar-refractivity contribution in [3.8, 4) is 0 Å². The predicted molar refractivity (Wildman–Crippen MR) is 96.0 cm³/mol. The number of carbonyl (C=O) groups is 1. The molecule has 0 aliphatic carbocycles. The third-order valence-corrected chi connectivity index (χ3v) is 5.51. The zero-order valence-electron chi connectivity index (χ0n) is 14.3. The van der Waals surface area contributed by atoms with Crippen molar-refractivity contribution in [3.63, 3.8) is 0 Å². The Hall–Kier alpha value is -3.07. The van der Waals surface area contributed by atoms with Crippen molar-refractivity contribution in [2.24, 2.45) is 0 Å². The lowest BCUT2D eigenvalue weighted by molar-refractivity contribution is 0.0671. The van der Waals surface area contributed by atoms with E-state index in [2.05, 4.69) is 20.2 Å². The van der Waals surface area contributed by atoms with E-state index < -0.39 is 11.9 Å². The van der Waals surface area contributed by atoms with Gasteiger partial charge in [-0.1, -0.05) is 23.5 Å². The van der Waals surface area contributed by atoms with Crippen molar-refractivity contribution in [1.29, 1.82) is 0 Å². The van der Waals surface area contributed by atoms with Crippen LogP contribution in [0.3, 0.4) is 0 Å². The van der Waals surface area contributed by atoms with Crippen LogP contribution in [0, 0.1) is 12.7 Å². The Balaban J connectivity index is 1.64. The molecule has 0 radical (unpaired) electrons. The van der Waals surface area contributed by atoms with Crippen LogP contribution in [0.4, 0.5) is 4.39 Å². The van der Waals surface area contributed by atoms with Crippen LogP contribution in [-0.4, -0.2) is 37.5 Å². The molecule has 0 unspecified atom stereocenters. The Labute approximate surface area is 156 Å². The van der Waals surface area contributed by atoms with Crippen molar-refractivity contribution < 1.29 is 13.6 Å². The minimum absolute atomic E-state index is 0.175. The third kappa shape index (κ3) is 2.54. The molecule has 27 heavy (non-hydrogen) atoms. The van der Waals surface area contributed by atoms with Crippen LogP contribution in [0.2, 0.25) is 0 Å². The topological polar surface area (TPSA) is 87.9 Å². The molecular weight excluding hydrogens is 369 g/mol. The summed E-state index contributed by atoms with van der Waals surface area (Å²) in [7, 11) is 0. The number of furan rings is 1. The summed E-state index contributed by atoms with van der Waals surface area (Å²) in [6, 6.07) is 5.97. The molecule has 136 valence electrons. The molecule has 1 aliphatic rings. The average Bonchev–Trinajstić information content (AvgIpc) is 3.39. The molecule has 7 nitrogen and oxygen atoms in total. The summed E-state index contributed by atoms with van der Waals surface area (Å²) in [6.07, 6.45) is 2.24. The highest BCUT2D eigenvalue weighted by Crippen LogP contribution is 2.37. The van der Waals surface area contributed by atoms with E-state index in [0.29, 0.717) is 34.8 Å². The fraction of sp³-hybridized carbons (Fsp3) is 0.222. The maximum atomic E-state index is 14.1. The number of halogens is 1. The van der Waals surface area contributed by atoms with E-state index in [1.54, 1.807) is 36.4 Å². The van der Waals surface area contributed by atoms with Gasteiger partial charge in [-0.2, -0.15) is 0 Å². The number of para-hydroxylation sites is 1. The number of nitrogens with one attached hydrogen (secondary N) is 1. The number of nitrogens with zero attached hydrogens (tertiary/aromatic N) is 4. The van der Waals surface area contributed by atoms with Gasteiger partial charge in [0.2, 0.25) is 5.01 Å². The number of aromatic amines is 1. The lowest BCUT2D eigenvalue weighted by Crippen LogP contribution is -2.40. The van der Waals surface area contributed by atoms with Gasteiger partial charge in [-0.05, 0) is 19.1 Å². The molecule has 0 spiro atoms. The van der Waals surface area contributed by atoms with Gasteiger partial charge in [0.1, 0.15) is 16.8 Å². The van der Waals surface area contributed by atoms with Gasteiger partial charge < -0.3 is 14.3 Å². The number of H-pyrrole nitrogens is 1. The third-order valence-electron chi connectivity index (χ3n) is 4.68. The highest BCUT2D eigenvalue weighted by molar-refractivity contribution is 7.13. The van der Waals surface area contributed by atoms with Gasteiger partial charge in [0.15, 0.2) is 11.4 Å². The number of aryl methyl sites for hydroxylation is 1. The summed E-state index contributed by atoms with van der Waals surface area (Å²) in [4.78, 5) is 22.3. The number of carbonyl (C=O) groups excluding carboxylic acids is 1. The van der Waals surface area contributed by atoms with E-state index in [9.17, 15) is 9.18 Å². The van der Waals surface area contributed by atoms with Gasteiger partial charge in [-0.15, -0.1) is 10.2 Å². The van der Waals surface area contributed by atoms with Gasteiger partial charge in [-0.25, -0.2) is 9.37 Å². The van der Waals surface area contributed by atoms with Crippen molar-refractivity contribution >= 4 is 28.2 Å². The van der Waals surface area contributed by atoms with Crippen LogP contribution < -0.4 is 0 Å². The molecule has 0 bridgehead atoms. The fourth-order valence-corrected chi connectivity index (χ4v) is 4.12. The largest absolute Gasteiger partial charge is 0.455 e. The highest BCUT2D eigenvalue weighted by atomic mass is 32.1. The molecule has 1 aliphatic heterocycles. The zero-order chi connectivity index (χ0) is 18.5. The smallest absolute Gasteiger partial charge is 0.285 e. The number of imidazole rings is 1. The first-order valence-electron chi connectivity index (χ1n) is 8.43. The monoisotopic (exact) mass is 383 g/mol. The normalized spacial score (nSPS) is 16.7. The number of amides is 1. The predicted octanol–water partition coefficient (Wildman–Crippen LogP) is 3.24. The van der Waals surface area contributed by atoms with Crippen LogP contribution >= 0.6 is 11.3 Å². The molecule has 0 saturated carbocycles. The van der Waals surface area contributed by atoms with Crippen LogP contribution in [0.1, 0.15) is 38.0 Å². The van der Waals surface area contributed by atoms with E-state index >= 15 is 0 Å². The quantitative estimate of drug-likeness (QED) is 0.574. The maximum absolute atomic E-state index is 14.1. The Morgan fingerprint density at radius 2 is 2.30 bits per heavy atom. The van der Waals surface area contributed by atoms with Crippen LogP contribution in [-0.2, 0) is 6.42 Å². The summed E-state index contributed by atoms with van der Waals surface area (Å²) in [6.45, 7) is 2.27. The first-order valence-corrected chi connectivity index (χ1v) is 9.24. The van der Waals surface area contributed by atoms with E-state index in [-0.39, 0.29) is 11.5 Å². The lowest BCUT2D eigenvalue weighted by Gasteiger charge is -2.33. The number of fused-ring (bicyclic) bond motifs is 2. The molecule has 9 heteroatoms. The fourth-order valence-electron chi connectivity index (χ4n) is 3.47. The first kappa shape index (κ1) is 16.1. The second-order valence-electron chi connectivity index (χ2n) is 6.35. The summed E-state index contributed by atoms with van der Waals surface area (Å²) in [5, 5.41) is 9.60. The number of hydrogen-bond acceptors (Lipinski definition) is 6. The van der Waals surface area contributed by atoms with Crippen LogP contribution in [0.5, 0.6) is 0 Å². The number of rotatable bonds is 2. The van der Waals surface area contributed by atoms with Crippen molar-refractivity contribution in [3.05, 3.63) is 63.6 Å². The highest BCUT2D eigenvalue weighted by Gasteiger charge is 2.38. The van der Waals surface area contributed by atoms with Gasteiger partial charge in [-0.3, -0.25) is 4.79 Å². The first-order chi connectivity index (χ1) is 13.1. The zero-order valence-corrected chi connectivity index (χ0v) is 15.1. The molecule has 1 atom stereocenters. The minimum Gasteiger partial charge on any atom is -0.455 e. The Morgan fingerprint density at radius 3 is 3.07 bits per heavy atom. The SMILES string of the molecule is Cc1nnc(C(=O)N2CCc3[nH]cnc3[C@H]2c2cc3cccc(F)c3o2)s1. The number of aromatic nitrogens is 4. The Bertz CT molecular complexity index is 1160. The summed E-state index contributed by atoms with van der Waals surface area (Å²) in [5.74, 6) is -0.202. The molecule has 0 saturated heterocycles. The maximum Gasteiger partial charge on any atom is 0.285 e. The molecule has 5 rings (SSSR count). The molecule has 1 amide bonds. The summed E-state index contributed by atoms with van der Waals surface area (Å²) < 4.78 is 19.9.